The Balaban J connectivity index is 4.64. The molecular formula is C10H18O4. The zero-order chi connectivity index (χ0) is 11.4. The molecule has 0 amide bonds. The highest BCUT2D eigenvalue weighted by Gasteiger charge is 2.36. The molecule has 82 valence electrons. The van der Waals surface area contributed by atoms with Gasteiger partial charge in [-0.3, -0.25) is 9.59 Å². The number of aliphatic carboxylic acids is 1. The number of carbonyl (C=O) groups is 2. The summed E-state index contributed by atoms with van der Waals surface area (Å²) in [6, 6.07) is 0. The number of hydrogen-bond acceptors (Lipinski definition) is 3. The van der Waals surface area contributed by atoms with Gasteiger partial charge in [0.05, 0.1) is 17.9 Å². The van der Waals surface area contributed by atoms with Gasteiger partial charge in [0.1, 0.15) is 5.78 Å². The Hall–Kier alpha value is -0.900. The lowest BCUT2D eigenvalue weighted by atomic mass is 9.79. The van der Waals surface area contributed by atoms with Crippen LogP contribution in [0.2, 0.25) is 0 Å². The van der Waals surface area contributed by atoms with Crippen LogP contribution in [0, 0.1) is 5.41 Å². The van der Waals surface area contributed by atoms with Crippen molar-refractivity contribution in [3.63, 3.8) is 0 Å². The van der Waals surface area contributed by atoms with Gasteiger partial charge in [0.25, 0.3) is 0 Å². The molecule has 0 saturated heterocycles. The second kappa shape index (κ2) is 5.10. The summed E-state index contributed by atoms with van der Waals surface area (Å²) in [7, 11) is 1.43. The number of methoxy groups -OCH3 is 1. The van der Waals surface area contributed by atoms with Crippen LogP contribution in [0.15, 0.2) is 0 Å². The fraction of sp³-hybridized carbons (Fsp3) is 0.800. The summed E-state index contributed by atoms with van der Waals surface area (Å²) in [6.07, 6.45) is -0.311. The third kappa shape index (κ3) is 3.10. The summed E-state index contributed by atoms with van der Waals surface area (Å²) in [5.41, 5.74) is -0.734. The molecular weight excluding hydrogens is 184 g/mol. The van der Waals surface area contributed by atoms with Crippen molar-refractivity contribution < 1.29 is 19.4 Å². The number of carboxylic acid groups (broad SMARTS) is 1. The van der Waals surface area contributed by atoms with E-state index < -0.39 is 17.5 Å². The van der Waals surface area contributed by atoms with Crippen LogP contribution in [-0.4, -0.2) is 30.1 Å². The molecule has 4 heteroatoms. The summed E-state index contributed by atoms with van der Waals surface area (Å²) in [6.45, 7) is 5.20. The van der Waals surface area contributed by atoms with Gasteiger partial charge in [-0.1, -0.05) is 20.8 Å². The SMILES string of the molecule is CCC(=O)C(C)(C)C(CC(=O)O)OC. The smallest absolute Gasteiger partial charge is 0.306 e. The van der Waals surface area contributed by atoms with E-state index >= 15 is 0 Å². The molecule has 0 radical (unpaired) electrons. The minimum absolute atomic E-state index is 0.0191. The van der Waals surface area contributed by atoms with Crippen molar-refractivity contribution in [1.82, 2.24) is 0 Å². The number of carbonyl (C=O) groups excluding carboxylic acids is 1. The molecule has 0 fully saturated rings. The highest BCUT2D eigenvalue weighted by atomic mass is 16.5. The molecule has 0 heterocycles. The van der Waals surface area contributed by atoms with Crippen molar-refractivity contribution in [3.8, 4) is 0 Å². The molecule has 1 N–H and O–H groups in total. The molecule has 0 spiro atoms. The van der Waals surface area contributed by atoms with Gasteiger partial charge in [-0.2, -0.15) is 0 Å². The second-order valence-electron chi connectivity index (χ2n) is 3.82. The van der Waals surface area contributed by atoms with Crippen LogP contribution in [0.4, 0.5) is 0 Å². The van der Waals surface area contributed by atoms with Crippen molar-refractivity contribution >= 4 is 11.8 Å². The normalized spacial score (nSPS) is 13.7. The van der Waals surface area contributed by atoms with Gasteiger partial charge < -0.3 is 9.84 Å². The summed E-state index contributed by atoms with van der Waals surface area (Å²) in [5, 5.41) is 8.64. The Morgan fingerprint density at radius 1 is 1.43 bits per heavy atom. The van der Waals surface area contributed by atoms with Crippen molar-refractivity contribution in [2.24, 2.45) is 5.41 Å². The second-order valence-corrected chi connectivity index (χ2v) is 3.82. The van der Waals surface area contributed by atoms with E-state index in [1.165, 1.54) is 7.11 Å². The standard InChI is InChI=1S/C10H18O4/c1-5-7(11)10(2,3)8(14-4)6-9(12)13/h8H,5-6H2,1-4H3,(H,12,13). The zero-order valence-corrected chi connectivity index (χ0v) is 9.16. The molecule has 0 aromatic heterocycles. The summed E-state index contributed by atoms with van der Waals surface area (Å²) in [5.74, 6) is -0.931. The number of carboxylic acids is 1. The quantitative estimate of drug-likeness (QED) is 0.708. The van der Waals surface area contributed by atoms with Gasteiger partial charge in [0.15, 0.2) is 0 Å². The van der Waals surface area contributed by atoms with E-state index in [9.17, 15) is 9.59 Å². The Labute approximate surface area is 84.3 Å². The fourth-order valence-electron chi connectivity index (χ4n) is 1.43. The summed E-state index contributed by atoms with van der Waals surface area (Å²) in [4.78, 5) is 22.1. The molecule has 0 aromatic rings. The maximum Gasteiger partial charge on any atom is 0.306 e. The highest BCUT2D eigenvalue weighted by Crippen LogP contribution is 2.27. The lowest BCUT2D eigenvalue weighted by Crippen LogP contribution is -2.39. The lowest BCUT2D eigenvalue weighted by Gasteiger charge is -2.30. The van der Waals surface area contributed by atoms with E-state index in [1.54, 1.807) is 20.8 Å². The van der Waals surface area contributed by atoms with Crippen LogP contribution in [-0.2, 0) is 14.3 Å². The monoisotopic (exact) mass is 202 g/mol. The van der Waals surface area contributed by atoms with Gasteiger partial charge in [-0.15, -0.1) is 0 Å². The first-order valence-electron chi connectivity index (χ1n) is 4.64. The molecule has 1 unspecified atom stereocenters. The van der Waals surface area contributed by atoms with Crippen molar-refractivity contribution in [1.29, 1.82) is 0 Å². The third-order valence-electron chi connectivity index (χ3n) is 2.49. The van der Waals surface area contributed by atoms with Crippen LogP contribution in [0.1, 0.15) is 33.6 Å². The maximum atomic E-state index is 11.5. The predicted octanol–water partition coefficient (Wildman–Crippen LogP) is 1.48. The van der Waals surface area contributed by atoms with Gasteiger partial charge in [-0.05, 0) is 0 Å². The molecule has 0 aliphatic rings. The zero-order valence-electron chi connectivity index (χ0n) is 9.16. The van der Waals surface area contributed by atoms with Gasteiger partial charge >= 0.3 is 5.97 Å². The Morgan fingerprint density at radius 2 is 1.93 bits per heavy atom. The number of ketones is 1. The van der Waals surface area contributed by atoms with Gasteiger partial charge in [0, 0.05) is 13.5 Å². The number of Topliss-reactive ketones (excluding diaryl/α,β-unsaturated/α-hetero) is 1. The lowest BCUT2D eigenvalue weighted by molar-refractivity contribution is -0.145. The molecule has 0 rings (SSSR count). The van der Waals surface area contributed by atoms with E-state index in [-0.39, 0.29) is 12.2 Å². The fourth-order valence-corrected chi connectivity index (χ4v) is 1.43. The Kier molecular flexibility index (Phi) is 4.77. The van der Waals surface area contributed by atoms with Crippen LogP contribution in [0.3, 0.4) is 0 Å². The van der Waals surface area contributed by atoms with Crippen LogP contribution in [0.5, 0.6) is 0 Å². The van der Waals surface area contributed by atoms with E-state index in [0.717, 1.165) is 0 Å². The minimum Gasteiger partial charge on any atom is -0.481 e. The molecule has 0 aliphatic carbocycles. The molecule has 0 aliphatic heterocycles. The van der Waals surface area contributed by atoms with E-state index in [4.69, 9.17) is 9.84 Å². The third-order valence-corrected chi connectivity index (χ3v) is 2.49. The van der Waals surface area contributed by atoms with E-state index in [2.05, 4.69) is 0 Å². The molecule has 0 saturated carbocycles. The first-order valence-corrected chi connectivity index (χ1v) is 4.64. The molecule has 4 nitrogen and oxygen atoms in total. The number of rotatable bonds is 6. The summed E-state index contributed by atoms with van der Waals surface area (Å²) >= 11 is 0. The topological polar surface area (TPSA) is 63.6 Å². The molecule has 14 heavy (non-hydrogen) atoms. The summed E-state index contributed by atoms with van der Waals surface area (Å²) < 4.78 is 5.05. The predicted molar refractivity (Wildman–Crippen MR) is 52.1 cm³/mol. The molecule has 1 atom stereocenters. The first kappa shape index (κ1) is 13.1. The van der Waals surface area contributed by atoms with Crippen molar-refractivity contribution in [2.75, 3.05) is 7.11 Å². The van der Waals surface area contributed by atoms with Crippen LogP contribution < -0.4 is 0 Å². The largest absolute Gasteiger partial charge is 0.481 e. The minimum atomic E-state index is -0.950. The Morgan fingerprint density at radius 3 is 2.21 bits per heavy atom. The van der Waals surface area contributed by atoms with Crippen LogP contribution >= 0.6 is 0 Å². The van der Waals surface area contributed by atoms with Crippen molar-refractivity contribution in [2.45, 2.75) is 39.7 Å². The van der Waals surface area contributed by atoms with Gasteiger partial charge in [0.2, 0.25) is 0 Å². The first-order chi connectivity index (χ1) is 6.36. The highest BCUT2D eigenvalue weighted by molar-refractivity contribution is 5.85. The maximum absolute atomic E-state index is 11.5. The van der Waals surface area contributed by atoms with Crippen molar-refractivity contribution in [3.05, 3.63) is 0 Å². The van der Waals surface area contributed by atoms with Crippen LogP contribution in [0.25, 0.3) is 0 Å². The van der Waals surface area contributed by atoms with E-state index in [0.29, 0.717) is 6.42 Å². The average molecular weight is 202 g/mol. The number of ether oxygens (including phenoxy) is 1. The molecule has 0 aromatic carbocycles. The van der Waals surface area contributed by atoms with E-state index in [1.807, 2.05) is 0 Å². The Bertz CT molecular complexity index is 220. The average Bonchev–Trinajstić information content (AvgIpc) is 2.12. The van der Waals surface area contributed by atoms with Gasteiger partial charge in [-0.25, -0.2) is 0 Å². The number of hydrogen-bond donors (Lipinski definition) is 1. The molecule has 0 bridgehead atoms.